The minimum Gasteiger partial charge on any atom is -0.493 e. The van der Waals surface area contributed by atoms with Crippen molar-refractivity contribution in [3.05, 3.63) is 53.1 Å². The fraction of sp³-hybridized carbons (Fsp3) is 0.188. The van der Waals surface area contributed by atoms with Crippen LogP contribution < -0.4 is 14.2 Å². The molecule has 0 aliphatic rings. The molecule has 2 aromatic carbocycles. The number of benzene rings is 2. The van der Waals surface area contributed by atoms with Crippen LogP contribution in [0, 0.1) is 0 Å². The van der Waals surface area contributed by atoms with Crippen molar-refractivity contribution in [1.82, 2.24) is 0 Å². The molecule has 2 aromatic rings. The van der Waals surface area contributed by atoms with Crippen molar-refractivity contribution in [3.8, 4) is 17.2 Å². The summed E-state index contributed by atoms with van der Waals surface area (Å²) in [5.41, 5.74) is 0.705. The van der Waals surface area contributed by atoms with Gasteiger partial charge in [0, 0.05) is 10.6 Å². The van der Waals surface area contributed by atoms with E-state index in [0.717, 1.165) is 5.75 Å². The lowest BCUT2D eigenvalue weighted by atomic mass is 10.2. The van der Waals surface area contributed by atoms with Gasteiger partial charge < -0.3 is 19.4 Å². The predicted molar refractivity (Wildman–Crippen MR) is 84.8 cm³/mol. The van der Waals surface area contributed by atoms with Crippen LogP contribution in [0.25, 0.3) is 0 Å². The van der Waals surface area contributed by atoms with Gasteiger partial charge in [-0.3, -0.25) is 0 Å². The Morgan fingerprint density at radius 1 is 1.05 bits per heavy atom. The summed E-state index contributed by atoms with van der Waals surface area (Å²) in [5.74, 6) is 1.88. The van der Waals surface area contributed by atoms with E-state index < -0.39 is 0 Å². The number of nitrogens with zero attached hydrogens (tertiary/aromatic N) is 1. The minimum atomic E-state index is 0.346. The Balaban J connectivity index is 1.90. The zero-order chi connectivity index (χ0) is 15.8. The molecule has 1 N–H and O–H groups in total. The molecule has 0 radical (unpaired) electrons. The summed E-state index contributed by atoms with van der Waals surface area (Å²) in [6.07, 6.45) is 1.32. The molecule has 0 unspecified atom stereocenters. The fourth-order valence-corrected chi connectivity index (χ4v) is 1.92. The summed E-state index contributed by atoms with van der Waals surface area (Å²) >= 11 is 5.80. The van der Waals surface area contributed by atoms with Gasteiger partial charge in [-0.25, -0.2) is 0 Å². The van der Waals surface area contributed by atoms with Gasteiger partial charge in [0.05, 0.1) is 13.3 Å². The van der Waals surface area contributed by atoms with Crippen LogP contribution in [-0.2, 0) is 0 Å². The van der Waals surface area contributed by atoms with E-state index in [1.165, 1.54) is 6.21 Å². The predicted octanol–water partition coefficient (Wildman–Crippen LogP) is 3.61. The number of ether oxygens (including phenoxy) is 3. The van der Waals surface area contributed by atoms with E-state index >= 15 is 0 Å². The monoisotopic (exact) mass is 321 g/mol. The first-order chi connectivity index (χ1) is 10.7. The van der Waals surface area contributed by atoms with Gasteiger partial charge in [0.25, 0.3) is 0 Å². The average molecular weight is 322 g/mol. The van der Waals surface area contributed by atoms with Gasteiger partial charge >= 0.3 is 0 Å². The van der Waals surface area contributed by atoms with Crippen LogP contribution in [-0.4, -0.2) is 31.7 Å². The van der Waals surface area contributed by atoms with Gasteiger partial charge in [0.15, 0.2) is 11.5 Å². The van der Waals surface area contributed by atoms with E-state index in [0.29, 0.717) is 35.3 Å². The van der Waals surface area contributed by atoms with Crippen LogP contribution in [0.3, 0.4) is 0 Å². The van der Waals surface area contributed by atoms with Crippen LogP contribution in [0.15, 0.2) is 47.6 Å². The van der Waals surface area contributed by atoms with E-state index in [4.69, 9.17) is 31.0 Å². The van der Waals surface area contributed by atoms with Crippen molar-refractivity contribution < 1.29 is 19.4 Å². The molecule has 0 amide bonds. The molecule has 0 atom stereocenters. The molecule has 0 aliphatic carbocycles. The second kappa shape index (κ2) is 8.14. The highest BCUT2D eigenvalue weighted by Gasteiger charge is 2.05. The highest BCUT2D eigenvalue weighted by Crippen LogP contribution is 2.27. The smallest absolute Gasteiger partial charge is 0.161 e. The molecule has 22 heavy (non-hydrogen) atoms. The molecule has 116 valence electrons. The second-order valence-electron chi connectivity index (χ2n) is 4.31. The van der Waals surface area contributed by atoms with Gasteiger partial charge in [-0.05, 0) is 42.5 Å². The lowest BCUT2D eigenvalue weighted by molar-refractivity contribution is 0.211. The van der Waals surface area contributed by atoms with Gasteiger partial charge in [0.2, 0.25) is 0 Å². The lowest BCUT2D eigenvalue weighted by Crippen LogP contribution is -2.09. The molecule has 5 nitrogen and oxygen atoms in total. The molecular weight excluding hydrogens is 306 g/mol. The Morgan fingerprint density at radius 2 is 1.77 bits per heavy atom. The Hall–Kier alpha value is -2.40. The summed E-state index contributed by atoms with van der Waals surface area (Å²) in [6.45, 7) is 0.724. The summed E-state index contributed by atoms with van der Waals surface area (Å²) < 4.78 is 16.4. The number of hydrogen-bond acceptors (Lipinski definition) is 5. The normalized spacial score (nSPS) is 10.6. The van der Waals surface area contributed by atoms with E-state index in [9.17, 15) is 0 Å². The van der Waals surface area contributed by atoms with Gasteiger partial charge in [0.1, 0.15) is 19.0 Å². The zero-order valence-corrected chi connectivity index (χ0v) is 12.8. The maximum atomic E-state index is 8.56. The standard InChI is InChI=1S/C16H16ClNO4/c1-20-15-7-2-12(11-18-19)10-16(15)22-9-8-21-14-5-3-13(17)4-6-14/h2-7,10-11,19H,8-9H2,1H3. The van der Waals surface area contributed by atoms with E-state index in [2.05, 4.69) is 5.16 Å². The Bertz CT molecular complexity index is 629. The maximum Gasteiger partial charge on any atom is 0.161 e. The topological polar surface area (TPSA) is 60.3 Å². The van der Waals surface area contributed by atoms with Crippen LogP contribution in [0.1, 0.15) is 5.56 Å². The van der Waals surface area contributed by atoms with Crippen LogP contribution >= 0.6 is 11.6 Å². The molecule has 0 aromatic heterocycles. The molecule has 2 rings (SSSR count). The minimum absolute atomic E-state index is 0.346. The first-order valence-corrected chi connectivity index (χ1v) is 6.97. The maximum absolute atomic E-state index is 8.56. The number of halogens is 1. The summed E-state index contributed by atoms with van der Waals surface area (Å²) in [5, 5.41) is 12.2. The number of oxime groups is 1. The summed E-state index contributed by atoms with van der Waals surface area (Å²) in [6, 6.07) is 12.3. The molecule has 0 spiro atoms. The average Bonchev–Trinajstić information content (AvgIpc) is 2.54. The third-order valence-electron chi connectivity index (χ3n) is 2.82. The molecule has 0 fully saturated rings. The molecule has 0 saturated carbocycles. The summed E-state index contributed by atoms with van der Waals surface area (Å²) in [4.78, 5) is 0. The van der Waals surface area contributed by atoms with Crippen LogP contribution in [0.4, 0.5) is 0 Å². The quantitative estimate of drug-likeness (QED) is 0.366. The van der Waals surface area contributed by atoms with Gasteiger partial charge in [-0.1, -0.05) is 16.8 Å². The summed E-state index contributed by atoms with van der Waals surface area (Å²) in [7, 11) is 1.56. The van der Waals surface area contributed by atoms with Crippen molar-refractivity contribution in [2.45, 2.75) is 0 Å². The number of methoxy groups -OCH3 is 1. The van der Waals surface area contributed by atoms with Crippen molar-refractivity contribution in [3.63, 3.8) is 0 Å². The number of hydrogen-bond donors (Lipinski definition) is 1. The molecule has 0 heterocycles. The van der Waals surface area contributed by atoms with Crippen LogP contribution in [0.2, 0.25) is 5.02 Å². The molecule has 0 saturated heterocycles. The second-order valence-corrected chi connectivity index (χ2v) is 4.74. The highest BCUT2D eigenvalue weighted by atomic mass is 35.5. The van der Waals surface area contributed by atoms with Crippen molar-refractivity contribution in [2.24, 2.45) is 5.16 Å². The lowest BCUT2D eigenvalue weighted by Gasteiger charge is -2.12. The van der Waals surface area contributed by atoms with E-state index in [-0.39, 0.29) is 0 Å². The highest BCUT2D eigenvalue weighted by molar-refractivity contribution is 6.30. The van der Waals surface area contributed by atoms with E-state index in [1.807, 2.05) is 0 Å². The SMILES string of the molecule is COc1ccc(C=NO)cc1OCCOc1ccc(Cl)cc1. The number of rotatable bonds is 7. The van der Waals surface area contributed by atoms with Crippen molar-refractivity contribution >= 4 is 17.8 Å². The zero-order valence-electron chi connectivity index (χ0n) is 12.0. The third kappa shape index (κ3) is 4.56. The molecular formula is C16H16ClNO4. The molecule has 6 heteroatoms. The Labute approximate surface area is 133 Å². The van der Waals surface area contributed by atoms with Crippen molar-refractivity contribution in [1.29, 1.82) is 0 Å². The van der Waals surface area contributed by atoms with Crippen LogP contribution in [0.5, 0.6) is 17.2 Å². The van der Waals surface area contributed by atoms with Gasteiger partial charge in [-0.15, -0.1) is 0 Å². The largest absolute Gasteiger partial charge is 0.493 e. The first-order valence-electron chi connectivity index (χ1n) is 6.59. The molecule has 0 aliphatic heterocycles. The third-order valence-corrected chi connectivity index (χ3v) is 3.07. The fourth-order valence-electron chi connectivity index (χ4n) is 1.80. The molecule has 0 bridgehead atoms. The Kier molecular flexibility index (Phi) is 5.91. The Morgan fingerprint density at radius 3 is 2.45 bits per heavy atom. The first kappa shape index (κ1) is 16.0. The van der Waals surface area contributed by atoms with E-state index in [1.54, 1.807) is 49.6 Å². The van der Waals surface area contributed by atoms with Crippen molar-refractivity contribution in [2.75, 3.05) is 20.3 Å². The van der Waals surface area contributed by atoms with Gasteiger partial charge in [-0.2, -0.15) is 0 Å².